The number of anilines is 1. The molecule has 0 aliphatic heterocycles. The molecule has 0 heterocycles. The van der Waals surface area contributed by atoms with Crippen LogP contribution in [0.1, 0.15) is 11.6 Å². The van der Waals surface area contributed by atoms with Crippen LogP contribution in [0.4, 0.5) is 14.5 Å². The van der Waals surface area contributed by atoms with Crippen LogP contribution in [0, 0.1) is 11.6 Å². The van der Waals surface area contributed by atoms with Crippen molar-refractivity contribution in [1.29, 1.82) is 0 Å². The molecule has 0 fully saturated rings. The molecule has 0 radical (unpaired) electrons. The summed E-state index contributed by atoms with van der Waals surface area (Å²) < 4.78 is 26.5. The van der Waals surface area contributed by atoms with Gasteiger partial charge in [-0.15, -0.1) is 0 Å². The molecule has 2 aromatic carbocycles. The number of carbonyl (C=O) groups is 1. The third-order valence-electron chi connectivity index (χ3n) is 2.61. The van der Waals surface area contributed by atoms with Gasteiger partial charge in [-0.25, -0.2) is 13.6 Å². The van der Waals surface area contributed by atoms with Crippen molar-refractivity contribution in [1.82, 2.24) is 0 Å². The van der Waals surface area contributed by atoms with E-state index in [-0.39, 0.29) is 5.56 Å². The number of carboxylic acid groups (broad SMARTS) is 1. The van der Waals surface area contributed by atoms with Crippen LogP contribution in [-0.4, -0.2) is 11.1 Å². The monoisotopic (exact) mass is 263 g/mol. The molecule has 2 N–H and O–H groups in total. The van der Waals surface area contributed by atoms with Gasteiger partial charge in [-0.1, -0.05) is 24.3 Å². The van der Waals surface area contributed by atoms with E-state index in [1.54, 1.807) is 30.3 Å². The van der Waals surface area contributed by atoms with E-state index < -0.39 is 23.6 Å². The third-order valence-corrected chi connectivity index (χ3v) is 2.61. The quantitative estimate of drug-likeness (QED) is 0.890. The van der Waals surface area contributed by atoms with Crippen LogP contribution >= 0.6 is 0 Å². The maximum Gasteiger partial charge on any atom is 0.330 e. The molecule has 0 aliphatic carbocycles. The Labute approximate surface area is 108 Å². The van der Waals surface area contributed by atoms with E-state index in [0.29, 0.717) is 11.8 Å². The van der Waals surface area contributed by atoms with E-state index >= 15 is 0 Å². The first-order valence-electron chi connectivity index (χ1n) is 5.57. The molecular weight excluding hydrogens is 252 g/mol. The molecule has 98 valence electrons. The minimum absolute atomic E-state index is 0.113. The van der Waals surface area contributed by atoms with Gasteiger partial charge in [0.05, 0.1) is 0 Å². The maximum atomic E-state index is 13.6. The van der Waals surface area contributed by atoms with Crippen molar-refractivity contribution in [3.8, 4) is 0 Å². The summed E-state index contributed by atoms with van der Waals surface area (Å²) in [4.78, 5) is 11.2. The van der Waals surface area contributed by atoms with Crippen LogP contribution in [0.15, 0.2) is 48.5 Å². The molecule has 5 heteroatoms. The second-order valence-electron chi connectivity index (χ2n) is 3.95. The third kappa shape index (κ3) is 3.07. The number of hydrogen-bond acceptors (Lipinski definition) is 2. The Hall–Kier alpha value is -2.43. The van der Waals surface area contributed by atoms with Crippen molar-refractivity contribution >= 4 is 11.7 Å². The Morgan fingerprint density at radius 1 is 1.11 bits per heavy atom. The van der Waals surface area contributed by atoms with Crippen molar-refractivity contribution in [2.24, 2.45) is 0 Å². The van der Waals surface area contributed by atoms with Crippen LogP contribution in [0.5, 0.6) is 0 Å². The molecule has 1 unspecified atom stereocenters. The van der Waals surface area contributed by atoms with Gasteiger partial charge in [0.1, 0.15) is 11.6 Å². The number of aliphatic carboxylic acids is 1. The minimum atomic E-state index is -1.28. The van der Waals surface area contributed by atoms with Gasteiger partial charge in [-0.2, -0.15) is 0 Å². The Balaban J connectivity index is 2.33. The fourth-order valence-corrected chi connectivity index (χ4v) is 1.71. The van der Waals surface area contributed by atoms with E-state index in [4.69, 9.17) is 5.11 Å². The van der Waals surface area contributed by atoms with E-state index in [1.165, 1.54) is 0 Å². The summed E-state index contributed by atoms with van der Waals surface area (Å²) >= 11 is 0. The van der Waals surface area contributed by atoms with E-state index in [1.807, 2.05) is 0 Å². The Morgan fingerprint density at radius 2 is 1.79 bits per heavy atom. The van der Waals surface area contributed by atoms with Crippen molar-refractivity contribution in [3.63, 3.8) is 0 Å². The second kappa shape index (κ2) is 5.48. The minimum Gasteiger partial charge on any atom is -0.479 e. The number of benzene rings is 2. The first kappa shape index (κ1) is 13.0. The zero-order valence-corrected chi connectivity index (χ0v) is 9.81. The normalized spacial score (nSPS) is 11.9. The van der Waals surface area contributed by atoms with Crippen molar-refractivity contribution < 1.29 is 18.7 Å². The lowest BCUT2D eigenvalue weighted by molar-refractivity contribution is -0.138. The number of para-hydroxylation sites is 1. The van der Waals surface area contributed by atoms with Crippen LogP contribution in [-0.2, 0) is 4.79 Å². The fourth-order valence-electron chi connectivity index (χ4n) is 1.71. The van der Waals surface area contributed by atoms with Gasteiger partial charge in [0.25, 0.3) is 0 Å². The van der Waals surface area contributed by atoms with E-state index in [2.05, 4.69) is 5.32 Å². The molecular formula is C14H11F2NO2. The van der Waals surface area contributed by atoms with Crippen LogP contribution < -0.4 is 5.32 Å². The van der Waals surface area contributed by atoms with Gasteiger partial charge in [0.2, 0.25) is 0 Å². The molecule has 0 aliphatic rings. The van der Waals surface area contributed by atoms with Crippen molar-refractivity contribution in [2.75, 3.05) is 5.32 Å². The van der Waals surface area contributed by atoms with Crippen LogP contribution in [0.2, 0.25) is 0 Å². The molecule has 3 nitrogen and oxygen atoms in total. The largest absolute Gasteiger partial charge is 0.479 e. The molecule has 2 rings (SSSR count). The number of halogens is 2. The zero-order valence-electron chi connectivity index (χ0n) is 9.81. The molecule has 0 bridgehead atoms. The maximum absolute atomic E-state index is 13.6. The summed E-state index contributed by atoms with van der Waals surface area (Å²) in [6, 6.07) is 10.1. The second-order valence-corrected chi connectivity index (χ2v) is 3.95. The predicted octanol–water partition coefficient (Wildman–Crippen LogP) is 3.20. The van der Waals surface area contributed by atoms with Crippen LogP contribution in [0.25, 0.3) is 0 Å². The SMILES string of the molecule is O=C(O)C(Nc1ccccc1)c1ccc(F)cc1F. The van der Waals surface area contributed by atoms with Crippen LogP contribution in [0.3, 0.4) is 0 Å². The standard InChI is InChI=1S/C14H11F2NO2/c15-9-6-7-11(12(16)8-9)13(14(18)19)17-10-4-2-1-3-5-10/h1-8,13,17H,(H,18,19). The highest BCUT2D eigenvalue weighted by atomic mass is 19.1. The predicted molar refractivity (Wildman–Crippen MR) is 66.8 cm³/mol. The number of carboxylic acids is 1. The average molecular weight is 263 g/mol. The molecule has 0 saturated carbocycles. The van der Waals surface area contributed by atoms with Gasteiger partial charge in [-0.05, 0) is 18.2 Å². The number of hydrogen-bond donors (Lipinski definition) is 2. The fraction of sp³-hybridized carbons (Fsp3) is 0.0714. The summed E-state index contributed by atoms with van der Waals surface area (Å²) in [5.74, 6) is -2.88. The molecule has 0 spiro atoms. The van der Waals surface area contributed by atoms with Gasteiger partial charge in [0, 0.05) is 17.3 Å². The Morgan fingerprint density at radius 3 is 2.37 bits per heavy atom. The first-order valence-corrected chi connectivity index (χ1v) is 5.57. The topological polar surface area (TPSA) is 49.3 Å². The van der Waals surface area contributed by atoms with Gasteiger partial charge in [-0.3, -0.25) is 0 Å². The van der Waals surface area contributed by atoms with E-state index in [0.717, 1.165) is 12.1 Å². The highest BCUT2D eigenvalue weighted by Gasteiger charge is 2.23. The lowest BCUT2D eigenvalue weighted by Gasteiger charge is -2.16. The summed E-state index contributed by atoms with van der Waals surface area (Å²) in [5.41, 5.74) is 0.427. The molecule has 0 aromatic heterocycles. The molecule has 0 amide bonds. The Bertz CT molecular complexity index is 587. The zero-order chi connectivity index (χ0) is 13.8. The molecule has 2 aromatic rings. The highest BCUT2D eigenvalue weighted by Crippen LogP contribution is 2.23. The smallest absolute Gasteiger partial charge is 0.330 e. The van der Waals surface area contributed by atoms with Crippen molar-refractivity contribution in [2.45, 2.75) is 6.04 Å². The summed E-state index contributed by atoms with van der Waals surface area (Å²) in [6.07, 6.45) is 0. The van der Waals surface area contributed by atoms with E-state index in [9.17, 15) is 13.6 Å². The molecule has 0 saturated heterocycles. The average Bonchev–Trinajstić information content (AvgIpc) is 2.38. The van der Waals surface area contributed by atoms with Crippen molar-refractivity contribution in [3.05, 3.63) is 65.7 Å². The molecule has 1 atom stereocenters. The first-order chi connectivity index (χ1) is 9.08. The summed E-state index contributed by atoms with van der Waals surface area (Å²) in [6.45, 7) is 0. The lowest BCUT2D eigenvalue weighted by Crippen LogP contribution is -2.21. The molecule has 19 heavy (non-hydrogen) atoms. The number of rotatable bonds is 4. The summed E-state index contributed by atoms with van der Waals surface area (Å²) in [5, 5.41) is 11.9. The highest BCUT2D eigenvalue weighted by molar-refractivity contribution is 5.79. The summed E-state index contributed by atoms with van der Waals surface area (Å²) in [7, 11) is 0. The van der Waals surface area contributed by atoms with Gasteiger partial charge < -0.3 is 10.4 Å². The Kier molecular flexibility index (Phi) is 3.75. The van der Waals surface area contributed by atoms with Gasteiger partial charge >= 0.3 is 5.97 Å². The number of nitrogens with one attached hydrogen (secondary N) is 1. The lowest BCUT2D eigenvalue weighted by atomic mass is 10.1. The van der Waals surface area contributed by atoms with Gasteiger partial charge in [0.15, 0.2) is 6.04 Å².